The minimum absolute atomic E-state index is 0.0865. The number of carbonyl (C=O) groups is 2. The number of amides is 1. The van der Waals surface area contributed by atoms with E-state index in [1.165, 1.54) is 6.07 Å². The summed E-state index contributed by atoms with van der Waals surface area (Å²) in [7, 11) is 3.70. The summed E-state index contributed by atoms with van der Waals surface area (Å²) in [6.07, 6.45) is -4.56. The molecule has 0 spiro atoms. The molecule has 38 heavy (non-hydrogen) atoms. The van der Waals surface area contributed by atoms with E-state index in [4.69, 9.17) is 4.42 Å². The SMILES string of the molecule is CN(C)c1ccc(C2C(C(=O)c3cc4cc(Br)ccc4o3)=C(O)C(=O)N2c2ccc(C(F)(F)F)cc2)cc1. The van der Waals surface area contributed by atoms with Crippen LogP contribution in [-0.4, -0.2) is 30.9 Å². The van der Waals surface area contributed by atoms with Crippen molar-refractivity contribution in [3.8, 4) is 0 Å². The number of hydrogen-bond donors (Lipinski definition) is 1. The zero-order valence-electron chi connectivity index (χ0n) is 20.1. The lowest BCUT2D eigenvalue weighted by molar-refractivity contribution is -0.137. The summed E-state index contributed by atoms with van der Waals surface area (Å²) in [5.41, 5.74) is 0.741. The Balaban J connectivity index is 1.63. The van der Waals surface area contributed by atoms with E-state index in [9.17, 15) is 27.9 Å². The second-order valence-electron chi connectivity index (χ2n) is 8.99. The molecule has 1 atom stereocenters. The maximum absolute atomic E-state index is 13.7. The number of aliphatic hydroxyl groups excluding tert-OH is 1. The minimum atomic E-state index is -4.56. The molecule has 0 saturated carbocycles. The molecule has 0 bridgehead atoms. The van der Waals surface area contributed by atoms with Crippen LogP contribution in [0.25, 0.3) is 11.0 Å². The van der Waals surface area contributed by atoms with Crippen LogP contribution in [-0.2, 0) is 11.0 Å². The van der Waals surface area contributed by atoms with Gasteiger partial charge in [0, 0.05) is 35.3 Å². The van der Waals surface area contributed by atoms with Gasteiger partial charge in [-0.05, 0) is 66.2 Å². The van der Waals surface area contributed by atoms with Gasteiger partial charge in [0.2, 0.25) is 5.78 Å². The van der Waals surface area contributed by atoms with Gasteiger partial charge in [0.25, 0.3) is 5.91 Å². The maximum Gasteiger partial charge on any atom is 0.416 e. The van der Waals surface area contributed by atoms with Gasteiger partial charge in [0.05, 0.1) is 17.2 Å². The molecule has 10 heteroatoms. The van der Waals surface area contributed by atoms with Gasteiger partial charge >= 0.3 is 6.18 Å². The van der Waals surface area contributed by atoms with Gasteiger partial charge in [0.1, 0.15) is 5.58 Å². The van der Waals surface area contributed by atoms with Crippen LogP contribution in [0, 0.1) is 0 Å². The number of nitrogens with zero attached hydrogens (tertiary/aromatic N) is 2. The number of anilines is 2. The van der Waals surface area contributed by atoms with Gasteiger partial charge in [-0.2, -0.15) is 13.2 Å². The molecule has 1 N–H and O–H groups in total. The van der Waals surface area contributed by atoms with Crippen molar-refractivity contribution >= 4 is 50.0 Å². The molecule has 1 aliphatic heterocycles. The van der Waals surface area contributed by atoms with E-state index in [0.29, 0.717) is 16.5 Å². The highest BCUT2D eigenvalue weighted by atomic mass is 79.9. The summed E-state index contributed by atoms with van der Waals surface area (Å²) in [5.74, 6) is -2.50. The Labute approximate surface area is 223 Å². The lowest BCUT2D eigenvalue weighted by atomic mass is 9.94. The fraction of sp³-hybridized carbons (Fsp3) is 0.143. The Morgan fingerprint density at radius 3 is 2.26 bits per heavy atom. The van der Waals surface area contributed by atoms with Crippen molar-refractivity contribution in [1.29, 1.82) is 0 Å². The van der Waals surface area contributed by atoms with E-state index in [-0.39, 0.29) is 17.0 Å². The predicted molar refractivity (Wildman–Crippen MR) is 140 cm³/mol. The Morgan fingerprint density at radius 1 is 1.00 bits per heavy atom. The number of carbonyl (C=O) groups excluding carboxylic acids is 2. The van der Waals surface area contributed by atoms with E-state index in [1.807, 2.05) is 19.0 Å². The normalized spacial score (nSPS) is 16.0. The van der Waals surface area contributed by atoms with Crippen LogP contribution >= 0.6 is 15.9 Å². The molecule has 0 radical (unpaired) electrons. The summed E-state index contributed by atoms with van der Waals surface area (Å²) in [5, 5.41) is 11.6. The Kier molecular flexibility index (Phi) is 6.30. The van der Waals surface area contributed by atoms with Crippen LogP contribution in [0.2, 0.25) is 0 Å². The molecule has 4 aromatic rings. The fourth-order valence-electron chi connectivity index (χ4n) is 4.44. The van der Waals surface area contributed by atoms with Crippen molar-refractivity contribution in [3.05, 3.63) is 105 Å². The van der Waals surface area contributed by atoms with Gasteiger partial charge in [0.15, 0.2) is 11.5 Å². The standard InChI is InChI=1S/C28H20BrF3N2O4/c1-33(2)19-8-3-15(4-9-19)24-23(25(35)22-14-16-13-18(29)7-12-21(16)38-22)26(36)27(37)34(24)20-10-5-17(6-11-20)28(30,31)32/h3-14,24,36H,1-2H3. The average Bonchev–Trinajstić information content (AvgIpc) is 3.41. The first-order valence-corrected chi connectivity index (χ1v) is 12.2. The van der Waals surface area contributed by atoms with Crippen molar-refractivity contribution in [2.24, 2.45) is 0 Å². The number of rotatable bonds is 5. The quantitative estimate of drug-likeness (QED) is 0.254. The van der Waals surface area contributed by atoms with Crippen LogP contribution < -0.4 is 9.80 Å². The maximum atomic E-state index is 13.7. The number of Topliss-reactive ketones (excluding diaryl/α,β-unsaturated/α-hetero) is 1. The Hall–Kier alpha value is -4.05. The minimum Gasteiger partial charge on any atom is -0.503 e. The van der Waals surface area contributed by atoms with Crippen molar-refractivity contribution in [2.45, 2.75) is 12.2 Å². The van der Waals surface area contributed by atoms with Crippen LogP contribution in [0.15, 0.2) is 93.0 Å². The molecule has 0 fully saturated rings. The van der Waals surface area contributed by atoms with Crippen molar-refractivity contribution < 1.29 is 32.3 Å². The van der Waals surface area contributed by atoms with E-state index in [1.54, 1.807) is 42.5 Å². The second kappa shape index (κ2) is 9.36. The van der Waals surface area contributed by atoms with Crippen LogP contribution in [0.4, 0.5) is 24.5 Å². The third-order valence-corrected chi connectivity index (χ3v) is 6.85. The zero-order valence-corrected chi connectivity index (χ0v) is 21.7. The lowest BCUT2D eigenvalue weighted by Crippen LogP contribution is -2.31. The van der Waals surface area contributed by atoms with E-state index in [2.05, 4.69) is 15.9 Å². The lowest BCUT2D eigenvalue weighted by Gasteiger charge is -2.27. The number of hydrogen-bond acceptors (Lipinski definition) is 5. The molecular formula is C28H20BrF3N2O4. The summed E-state index contributed by atoms with van der Waals surface area (Å²) >= 11 is 3.37. The van der Waals surface area contributed by atoms with Crippen LogP contribution in [0.1, 0.15) is 27.7 Å². The third kappa shape index (κ3) is 4.45. The third-order valence-electron chi connectivity index (χ3n) is 6.35. The predicted octanol–water partition coefficient (Wildman–Crippen LogP) is 7.06. The largest absolute Gasteiger partial charge is 0.503 e. The van der Waals surface area contributed by atoms with Crippen molar-refractivity contribution in [1.82, 2.24) is 0 Å². The molecule has 1 amide bonds. The van der Waals surface area contributed by atoms with Gasteiger partial charge < -0.3 is 14.4 Å². The van der Waals surface area contributed by atoms with Gasteiger partial charge in [-0.1, -0.05) is 28.1 Å². The van der Waals surface area contributed by atoms with Gasteiger partial charge in [-0.15, -0.1) is 0 Å². The van der Waals surface area contributed by atoms with Crippen LogP contribution in [0.5, 0.6) is 0 Å². The molecule has 0 saturated heterocycles. The molecular weight excluding hydrogens is 565 g/mol. The van der Waals surface area contributed by atoms with Gasteiger partial charge in [-0.3, -0.25) is 14.5 Å². The summed E-state index contributed by atoms with van der Waals surface area (Å²) < 4.78 is 46.0. The summed E-state index contributed by atoms with van der Waals surface area (Å²) in [6, 6.07) is 16.5. The molecule has 1 aromatic heterocycles. The summed E-state index contributed by atoms with van der Waals surface area (Å²) in [6.45, 7) is 0. The highest BCUT2D eigenvalue weighted by Gasteiger charge is 2.45. The molecule has 3 aromatic carbocycles. The molecule has 1 unspecified atom stereocenters. The molecule has 6 nitrogen and oxygen atoms in total. The van der Waals surface area contributed by atoms with E-state index < -0.39 is 35.2 Å². The Bertz CT molecular complexity index is 1590. The number of furan rings is 1. The number of aliphatic hydroxyl groups is 1. The molecule has 5 rings (SSSR count). The number of fused-ring (bicyclic) bond motifs is 1. The number of alkyl halides is 3. The first-order valence-electron chi connectivity index (χ1n) is 11.4. The number of halogens is 4. The second-order valence-corrected chi connectivity index (χ2v) is 9.91. The number of benzene rings is 3. The zero-order chi connectivity index (χ0) is 27.4. The topological polar surface area (TPSA) is 74.0 Å². The van der Waals surface area contributed by atoms with E-state index in [0.717, 1.165) is 39.3 Å². The Morgan fingerprint density at radius 2 is 1.66 bits per heavy atom. The molecule has 1 aliphatic rings. The molecule has 0 aliphatic carbocycles. The first-order chi connectivity index (χ1) is 18.0. The molecule has 2 heterocycles. The van der Waals surface area contributed by atoms with Gasteiger partial charge in [-0.25, -0.2) is 0 Å². The van der Waals surface area contributed by atoms with Crippen molar-refractivity contribution in [3.63, 3.8) is 0 Å². The highest BCUT2D eigenvalue weighted by Crippen LogP contribution is 2.43. The van der Waals surface area contributed by atoms with Crippen LogP contribution in [0.3, 0.4) is 0 Å². The van der Waals surface area contributed by atoms with Crippen molar-refractivity contribution in [2.75, 3.05) is 23.9 Å². The number of ketones is 1. The summed E-state index contributed by atoms with van der Waals surface area (Å²) in [4.78, 5) is 30.0. The van der Waals surface area contributed by atoms with E-state index >= 15 is 0 Å². The fourth-order valence-corrected chi connectivity index (χ4v) is 4.82. The highest BCUT2D eigenvalue weighted by molar-refractivity contribution is 9.10. The monoisotopic (exact) mass is 584 g/mol. The smallest absolute Gasteiger partial charge is 0.416 e. The molecule has 194 valence electrons. The average molecular weight is 585 g/mol. The first kappa shape index (κ1) is 25.6.